The molecule has 0 aliphatic rings. The van der Waals surface area contributed by atoms with Crippen LogP contribution in [0.5, 0.6) is 0 Å². The third-order valence-electron chi connectivity index (χ3n) is 3.25. The van der Waals surface area contributed by atoms with Gasteiger partial charge in [0.25, 0.3) is 0 Å². The molecule has 5 heteroatoms. The highest BCUT2D eigenvalue weighted by molar-refractivity contribution is 7.98. The lowest BCUT2D eigenvalue weighted by Crippen LogP contribution is -2.03. The van der Waals surface area contributed by atoms with Crippen LogP contribution < -0.4 is 0 Å². The minimum Gasteiger partial charge on any atom is -0.159 e. The zero-order valence-electron chi connectivity index (χ0n) is 12.0. The van der Waals surface area contributed by atoms with E-state index in [0.29, 0.717) is 12.4 Å². The average molecular weight is 296 g/mol. The molecule has 0 N–H and O–H groups in total. The Morgan fingerprint density at radius 3 is 2.38 bits per heavy atom. The molecule has 0 fully saturated rings. The molecule has 3 aromatic rings. The van der Waals surface area contributed by atoms with Crippen molar-refractivity contribution < 1.29 is 0 Å². The Balaban J connectivity index is 1.76. The molecule has 0 radical (unpaired) electrons. The van der Waals surface area contributed by atoms with E-state index in [1.165, 1.54) is 16.0 Å². The SMILES string of the molecule is CSc1ccc(Cn2nnc(-c3ccc(C)cc3)n2)cc1. The first-order valence-corrected chi connectivity index (χ1v) is 7.95. The first-order chi connectivity index (χ1) is 10.2. The number of hydrogen-bond donors (Lipinski definition) is 0. The number of hydrogen-bond acceptors (Lipinski definition) is 4. The molecule has 1 heterocycles. The Labute approximate surface area is 128 Å². The predicted molar refractivity (Wildman–Crippen MR) is 85.3 cm³/mol. The third-order valence-corrected chi connectivity index (χ3v) is 3.99. The molecule has 0 aliphatic heterocycles. The van der Waals surface area contributed by atoms with Gasteiger partial charge in [0, 0.05) is 10.5 Å². The van der Waals surface area contributed by atoms with E-state index in [0.717, 1.165) is 5.56 Å². The Kier molecular flexibility index (Phi) is 4.01. The number of thioether (sulfide) groups is 1. The van der Waals surface area contributed by atoms with Gasteiger partial charge in [0.15, 0.2) is 0 Å². The Bertz CT molecular complexity index is 717. The van der Waals surface area contributed by atoms with Crippen LogP contribution in [0.25, 0.3) is 11.4 Å². The number of rotatable bonds is 4. The molecule has 106 valence electrons. The summed E-state index contributed by atoms with van der Waals surface area (Å²) in [6, 6.07) is 16.6. The molecule has 0 saturated heterocycles. The molecule has 0 spiro atoms. The summed E-state index contributed by atoms with van der Waals surface area (Å²) >= 11 is 1.74. The summed E-state index contributed by atoms with van der Waals surface area (Å²) < 4.78 is 0. The van der Waals surface area contributed by atoms with Crippen LogP contribution in [0.4, 0.5) is 0 Å². The first kappa shape index (κ1) is 13.8. The van der Waals surface area contributed by atoms with Gasteiger partial charge < -0.3 is 0 Å². The van der Waals surface area contributed by atoms with Crippen molar-refractivity contribution in [2.24, 2.45) is 0 Å². The second-order valence-corrected chi connectivity index (χ2v) is 5.74. The quantitative estimate of drug-likeness (QED) is 0.692. The minimum atomic E-state index is 0.632. The summed E-state index contributed by atoms with van der Waals surface area (Å²) in [5.74, 6) is 0.663. The van der Waals surface area contributed by atoms with Crippen LogP contribution >= 0.6 is 11.8 Å². The van der Waals surface area contributed by atoms with Crippen molar-refractivity contribution in [3.8, 4) is 11.4 Å². The van der Waals surface area contributed by atoms with Crippen molar-refractivity contribution in [1.82, 2.24) is 20.2 Å². The van der Waals surface area contributed by atoms with Crippen LogP contribution in [0.2, 0.25) is 0 Å². The van der Waals surface area contributed by atoms with Crippen LogP contribution in [0.3, 0.4) is 0 Å². The first-order valence-electron chi connectivity index (χ1n) is 6.72. The van der Waals surface area contributed by atoms with Gasteiger partial charge in [-0.1, -0.05) is 42.0 Å². The Morgan fingerprint density at radius 2 is 1.71 bits per heavy atom. The lowest BCUT2D eigenvalue weighted by molar-refractivity contribution is 0.572. The normalized spacial score (nSPS) is 10.8. The van der Waals surface area contributed by atoms with E-state index in [9.17, 15) is 0 Å². The van der Waals surface area contributed by atoms with Gasteiger partial charge in [-0.15, -0.1) is 22.0 Å². The molecule has 4 nitrogen and oxygen atoms in total. The van der Waals surface area contributed by atoms with Crippen molar-refractivity contribution in [2.45, 2.75) is 18.4 Å². The van der Waals surface area contributed by atoms with E-state index in [1.807, 2.05) is 12.1 Å². The molecule has 0 unspecified atom stereocenters. The number of nitrogens with zero attached hydrogens (tertiary/aromatic N) is 4. The summed E-state index contributed by atoms with van der Waals surface area (Å²) in [6.45, 7) is 2.69. The highest BCUT2D eigenvalue weighted by Crippen LogP contribution is 2.16. The highest BCUT2D eigenvalue weighted by Gasteiger charge is 2.06. The molecule has 0 amide bonds. The predicted octanol–water partition coefficient (Wildman–Crippen LogP) is 3.42. The molecule has 0 bridgehead atoms. The summed E-state index contributed by atoms with van der Waals surface area (Å²) in [7, 11) is 0. The van der Waals surface area contributed by atoms with E-state index in [2.05, 4.69) is 65.0 Å². The molecule has 0 aliphatic carbocycles. The Hall–Kier alpha value is -2.14. The van der Waals surface area contributed by atoms with Crippen molar-refractivity contribution >= 4 is 11.8 Å². The van der Waals surface area contributed by atoms with E-state index < -0.39 is 0 Å². The van der Waals surface area contributed by atoms with E-state index in [4.69, 9.17) is 0 Å². The van der Waals surface area contributed by atoms with Crippen LogP contribution in [-0.4, -0.2) is 26.5 Å². The minimum absolute atomic E-state index is 0.632. The summed E-state index contributed by atoms with van der Waals surface area (Å²) in [6.07, 6.45) is 2.07. The van der Waals surface area contributed by atoms with Crippen molar-refractivity contribution in [3.63, 3.8) is 0 Å². The molecule has 0 saturated carbocycles. The van der Waals surface area contributed by atoms with Gasteiger partial charge in [-0.2, -0.15) is 4.80 Å². The van der Waals surface area contributed by atoms with Crippen molar-refractivity contribution in [2.75, 3.05) is 6.26 Å². The van der Waals surface area contributed by atoms with Gasteiger partial charge in [-0.3, -0.25) is 0 Å². The summed E-state index contributed by atoms with van der Waals surface area (Å²) in [4.78, 5) is 2.88. The summed E-state index contributed by atoms with van der Waals surface area (Å²) in [5.41, 5.74) is 3.38. The van der Waals surface area contributed by atoms with Gasteiger partial charge in [-0.05, 0) is 36.1 Å². The number of tetrazole rings is 1. The fourth-order valence-electron chi connectivity index (χ4n) is 2.02. The zero-order valence-corrected chi connectivity index (χ0v) is 12.8. The van der Waals surface area contributed by atoms with Crippen LogP contribution in [0, 0.1) is 6.92 Å². The number of aromatic nitrogens is 4. The molecule has 2 aromatic carbocycles. The molecule has 3 rings (SSSR count). The van der Waals surface area contributed by atoms with Gasteiger partial charge in [-0.25, -0.2) is 0 Å². The van der Waals surface area contributed by atoms with E-state index in [-0.39, 0.29) is 0 Å². The van der Waals surface area contributed by atoms with Gasteiger partial charge in [0.2, 0.25) is 5.82 Å². The molecule has 21 heavy (non-hydrogen) atoms. The summed E-state index contributed by atoms with van der Waals surface area (Å²) in [5, 5.41) is 12.7. The molecular weight excluding hydrogens is 280 g/mol. The number of benzene rings is 2. The maximum Gasteiger partial charge on any atom is 0.204 e. The molecule has 1 aromatic heterocycles. The standard InChI is InChI=1S/C16H16N4S/c1-12-3-7-14(8-4-12)16-17-19-20(18-16)11-13-5-9-15(21-2)10-6-13/h3-10H,11H2,1-2H3. The Morgan fingerprint density at radius 1 is 1.00 bits per heavy atom. The van der Waals surface area contributed by atoms with Gasteiger partial charge in [0.05, 0.1) is 6.54 Å². The lowest BCUT2D eigenvalue weighted by atomic mass is 10.1. The third kappa shape index (κ3) is 3.31. The highest BCUT2D eigenvalue weighted by atomic mass is 32.2. The maximum atomic E-state index is 4.44. The van der Waals surface area contributed by atoms with E-state index in [1.54, 1.807) is 16.6 Å². The lowest BCUT2D eigenvalue weighted by Gasteiger charge is -2.01. The van der Waals surface area contributed by atoms with Crippen molar-refractivity contribution in [3.05, 3.63) is 59.7 Å². The fourth-order valence-corrected chi connectivity index (χ4v) is 2.43. The maximum absolute atomic E-state index is 4.44. The van der Waals surface area contributed by atoms with Crippen LogP contribution in [0.15, 0.2) is 53.4 Å². The zero-order chi connectivity index (χ0) is 14.7. The number of aryl methyl sites for hydroxylation is 1. The molecular formula is C16H16N4S. The largest absolute Gasteiger partial charge is 0.204 e. The fraction of sp³-hybridized carbons (Fsp3) is 0.188. The van der Waals surface area contributed by atoms with Crippen LogP contribution in [0.1, 0.15) is 11.1 Å². The van der Waals surface area contributed by atoms with Gasteiger partial charge >= 0.3 is 0 Å². The van der Waals surface area contributed by atoms with Gasteiger partial charge in [0.1, 0.15) is 0 Å². The topological polar surface area (TPSA) is 43.6 Å². The second-order valence-electron chi connectivity index (χ2n) is 4.86. The second kappa shape index (κ2) is 6.10. The van der Waals surface area contributed by atoms with Crippen LogP contribution in [-0.2, 0) is 6.54 Å². The molecule has 0 atom stereocenters. The monoisotopic (exact) mass is 296 g/mol. The average Bonchev–Trinajstić information content (AvgIpc) is 2.97. The van der Waals surface area contributed by atoms with Crippen molar-refractivity contribution in [1.29, 1.82) is 0 Å². The smallest absolute Gasteiger partial charge is 0.159 e. The van der Waals surface area contributed by atoms with E-state index >= 15 is 0 Å².